The summed E-state index contributed by atoms with van der Waals surface area (Å²) < 4.78 is 11.2. The molecule has 1 aromatic heterocycles. The topological polar surface area (TPSA) is 128 Å². The number of furan rings is 1. The van der Waals surface area contributed by atoms with Crippen LogP contribution >= 0.6 is 0 Å². The zero-order valence-electron chi connectivity index (χ0n) is 30.8. The molecule has 0 bridgehead atoms. The highest BCUT2D eigenvalue weighted by molar-refractivity contribution is 5.91. The average molecular weight is 724 g/mol. The molecule has 2 heterocycles. The Labute approximate surface area is 312 Å². The summed E-state index contributed by atoms with van der Waals surface area (Å²) in [7, 11) is 1.97. The lowest BCUT2D eigenvalue weighted by Crippen LogP contribution is -2.40. The fourth-order valence-electron chi connectivity index (χ4n) is 6.49. The lowest BCUT2D eigenvalue weighted by atomic mass is 10.0. The van der Waals surface area contributed by atoms with Crippen LogP contribution in [0.25, 0.3) is 11.1 Å². The third-order valence-corrected chi connectivity index (χ3v) is 9.51. The van der Waals surface area contributed by atoms with Crippen LogP contribution in [0.1, 0.15) is 56.3 Å². The molecule has 0 saturated carbocycles. The number of amides is 3. The number of carbonyl (C=O) groups excluding carboxylic acids is 3. The Hall–Kier alpha value is -5.13. The fourth-order valence-corrected chi connectivity index (χ4v) is 6.49. The number of hydrogen-bond acceptors (Lipinski definition) is 8. The molecule has 3 N–H and O–H groups in total. The monoisotopic (exact) mass is 723 g/mol. The molecule has 1 aliphatic heterocycles. The first kappa shape index (κ1) is 39.1. The Morgan fingerprint density at radius 1 is 0.849 bits per heavy atom. The van der Waals surface area contributed by atoms with Crippen LogP contribution in [0.2, 0.25) is 0 Å². The van der Waals surface area contributed by atoms with Gasteiger partial charge in [-0.3, -0.25) is 19.8 Å². The number of benzene rings is 3. The number of unbranched alkanes of at least 4 members (excludes halogenated alkanes) is 2. The van der Waals surface area contributed by atoms with E-state index in [1.807, 2.05) is 90.8 Å². The van der Waals surface area contributed by atoms with Gasteiger partial charge in [0.15, 0.2) is 0 Å². The number of ether oxygens (including phenoxy) is 1. The predicted molar refractivity (Wildman–Crippen MR) is 206 cm³/mol. The molecule has 1 fully saturated rings. The van der Waals surface area contributed by atoms with Gasteiger partial charge in [-0.25, -0.2) is 4.79 Å². The number of phenolic OH excluding ortho intramolecular Hbond substituents is 1. The second-order valence-corrected chi connectivity index (χ2v) is 13.7. The number of piperidine rings is 1. The molecule has 3 amide bonds. The number of nitrogens with zero attached hydrogens (tertiary/aromatic N) is 3. The van der Waals surface area contributed by atoms with Crippen LogP contribution in [0.15, 0.2) is 102 Å². The molecule has 282 valence electrons. The lowest BCUT2D eigenvalue weighted by molar-refractivity contribution is -0.132. The number of nitrogens with one attached hydrogen (secondary N) is 2. The molecule has 0 atom stereocenters. The number of para-hydroxylation sites is 1. The van der Waals surface area contributed by atoms with Gasteiger partial charge in [-0.2, -0.15) is 0 Å². The van der Waals surface area contributed by atoms with Crippen molar-refractivity contribution in [1.82, 2.24) is 20.0 Å². The maximum atomic E-state index is 13.3. The Morgan fingerprint density at radius 3 is 2.36 bits per heavy atom. The molecule has 5 rings (SSSR count). The highest BCUT2D eigenvalue weighted by Gasteiger charge is 2.23. The van der Waals surface area contributed by atoms with Crippen molar-refractivity contribution in [3.63, 3.8) is 0 Å². The normalized spacial score (nSPS) is 13.5. The summed E-state index contributed by atoms with van der Waals surface area (Å²) >= 11 is 0. The number of aromatic hydroxyl groups is 1. The molecule has 0 aliphatic carbocycles. The van der Waals surface area contributed by atoms with E-state index in [2.05, 4.69) is 20.4 Å². The summed E-state index contributed by atoms with van der Waals surface area (Å²) in [5.41, 5.74) is 3.65. The molecule has 53 heavy (non-hydrogen) atoms. The Bertz CT molecular complexity index is 1690. The fraction of sp³-hybridized carbons (Fsp3) is 0.405. The summed E-state index contributed by atoms with van der Waals surface area (Å²) in [5.74, 6) is 1.18. The van der Waals surface area contributed by atoms with Crippen LogP contribution in [0.5, 0.6) is 5.75 Å². The van der Waals surface area contributed by atoms with Crippen molar-refractivity contribution < 1.29 is 28.6 Å². The van der Waals surface area contributed by atoms with E-state index in [0.717, 1.165) is 67.6 Å². The first-order valence-corrected chi connectivity index (χ1v) is 18.7. The Kier molecular flexibility index (Phi) is 15.3. The van der Waals surface area contributed by atoms with Crippen LogP contribution in [-0.4, -0.2) is 90.1 Å². The van der Waals surface area contributed by atoms with Gasteiger partial charge < -0.3 is 29.4 Å². The van der Waals surface area contributed by atoms with E-state index < -0.39 is 6.09 Å². The van der Waals surface area contributed by atoms with Gasteiger partial charge in [-0.15, -0.1) is 0 Å². The SMILES string of the molecule is CN(CCC(=O)N(CCCCCNC(=O)CCN1CCC(OC(=O)Nc2ccccc2-c2ccccc2)CC1)Cc1ccc(O)cc1)Cc1ccco1. The maximum Gasteiger partial charge on any atom is 0.411 e. The van der Waals surface area contributed by atoms with Crippen LogP contribution in [0, 0.1) is 0 Å². The van der Waals surface area contributed by atoms with Crippen LogP contribution in [-0.2, 0) is 27.4 Å². The molecule has 11 heteroatoms. The minimum atomic E-state index is -0.451. The summed E-state index contributed by atoms with van der Waals surface area (Å²) in [5, 5.41) is 15.6. The van der Waals surface area contributed by atoms with Gasteiger partial charge in [0.1, 0.15) is 17.6 Å². The van der Waals surface area contributed by atoms with Gasteiger partial charge in [-0.05, 0) is 80.6 Å². The average Bonchev–Trinajstić information content (AvgIpc) is 3.69. The Morgan fingerprint density at radius 2 is 1.60 bits per heavy atom. The third-order valence-electron chi connectivity index (χ3n) is 9.51. The minimum absolute atomic E-state index is 0.0302. The number of hydrogen-bond donors (Lipinski definition) is 3. The highest BCUT2D eigenvalue weighted by atomic mass is 16.6. The van der Waals surface area contributed by atoms with Crippen LogP contribution in [0.4, 0.5) is 10.5 Å². The second-order valence-electron chi connectivity index (χ2n) is 13.7. The Balaban J connectivity index is 0.943. The van der Waals surface area contributed by atoms with Crippen molar-refractivity contribution >= 4 is 23.6 Å². The van der Waals surface area contributed by atoms with Gasteiger partial charge in [0.25, 0.3) is 0 Å². The van der Waals surface area contributed by atoms with E-state index in [9.17, 15) is 19.5 Å². The van der Waals surface area contributed by atoms with E-state index in [0.29, 0.717) is 57.8 Å². The zero-order valence-corrected chi connectivity index (χ0v) is 30.8. The van der Waals surface area contributed by atoms with Gasteiger partial charge in [0.05, 0.1) is 18.5 Å². The number of anilines is 1. The number of carbonyl (C=O) groups is 3. The zero-order chi connectivity index (χ0) is 37.3. The van der Waals surface area contributed by atoms with Gasteiger partial charge in [0, 0.05) is 64.2 Å². The number of phenols is 1. The summed E-state index contributed by atoms with van der Waals surface area (Å²) in [6.07, 6.45) is 5.86. The van der Waals surface area contributed by atoms with Gasteiger partial charge in [0.2, 0.25) is 11.8 Å². The first-order valence-electron chi connectivity index (χ1n) is 18.7. The van der Waals surface area contributed by atoms with Crippen molar-refractivity contribution in [2.45, 2.75) is 64.1 Å². The number of likely N-dealkylation sites (tertiary alicyclic amines) is 1. The minimum Gasteiger partial charge on any atom is -0.508 e. The van der Waals surface area contributed by atoms with Gasteiger partial charge >= 0.3 is 6.09 Å². The largest absolute Gasteiger partial charge is 0.508 e. The molecule has 1 aliphatic rings. The van der Waals surface area contributed by atoms with E-state index in [1.54, 1.807) is 18.4 Å². The summed E-state index contributed by atoms with van der Waals surface area (Å²) in [4.78, 5) is 44.8. The second kappa shape index (κ2) is 20.8. The molecular weight excluding hydrogens is 670 g/mol. The molecule has 0 spiro atoms. The highest BCUT2D eigenvalue weighted by Crippen LogP contribution is 2.28. The molecule has 4 aromatic rings. The van der Waals surface area contributed by atoms with Crippen molar-refractivity contribution in [1.29, 1.82) is 0 Å². The first-order chi connectivity index (χ1) is 25.8. The lowest BCUT2D eigenvalue weighted by Gasteiger charge is -2.31. The quantitative estimate of drug-likeness (QED) is 0.0893. The predicted octanol–water partition coefficient (Wildman–Crippen LogP) is 6.89. The van der Waals surface area contributed by atoms with Crippen molar-refractivity contribution in [3.05, 3.63) is 109 Å². The van der Waals surface area contributed by atoms with Crippen molar-refractivity contribution in [2.24, 2.45) is 0 Å². The van der Waals surface area contributed by atoms with Gasteiger partial charge in [-0.1, -0.05) is 60.7 Å². The standard InChI is InChI=1S/C42H53N5O6/c1-45(32-37-13-10-30-52-37)26-23-41(50)47(31-33-16-18-35(48)19-17-33)25-9-3-8-24-43-40(49)22-29-46-27-20-36(21-28-46)53-42(51)44-39-15-7-6-14-38(39)34-11-4-2-5-12-34/h2,4-7,10-19,30,36,48H,3,8-9,20-29,31-32H2,1H3,(H,43,49)(H,44,51). The maximum absolute atomic E-state index is 13.3. The molecule has 3 aromatic carbocycles. The van der Waals surface area contributed by atoms with Crippen LogP contribution < -0.4 is 10.6 Å². The van der Waals surface area contributed by atoms with E-state index in [1.165, 1.54) is 0 Å². The van der Waals surface area contributed by atoms with Crippen molar-refractivity contribution in [3.8, 4) is 16.9 Å². The smallest absolute Gasteiger partial charge is 0.411 e. The van der Waals surface area contributed by atoms with Crippen LogP contribution in [0.3, 0.4) is 0 Å². The molecule has 1 saturated heterocycles. The third kappa shape index (κ3) is 13.4. The van der Waals surface area contributed by atoms with E-state index >= 15 is 0 Å². The summed E-state index contributed by atoms with van der Waals surface area (Å²) in [6, 6.07) is 28.4. The van der Waals surface area contributed by atoms with E-state index in [-0.39, 0.29) is 23.7 Å². The summed E-state index contributed by atoms with van der Waals surface area (Å²) in [6.45, 7) is 5.17. The number of rotatable bonds is 19. The van der Waals surface area contributed by atoms with E-state index in [4.69, 9.17) is 9.15 Å². The molecule has 0 radical (unpaired) electrons. The molecule has 11 nitrogen and oxygen atoms in total. The molecular formula is C42H53N5O6. The molecule has 0 unspecified atom stereocenters. The van der Waals surface area contributed by atoms with Crippen molar-refractivity contribution in [2.75, 3.05) is 51.6 Å².